The first-order valence-electron chi connectivity index (χ1n) is 4.27. The van der Waals surface area contributed by atoms with Gasteiger partial charge in [-0.25, -0.2) is 4.79 Å². The van der Waals surface area contributed by atoms with Crippen LogP contribution in [0.15, 0.2) is 0 Å². The highest BCUT2D eigenvalue weighted by Crippen LogP contribution is 2.32. The van der Waals surface area contributed by atoms with E-state index in [4.69, 9.17) is 9.47 Å². The Hall–Kier alpha value is -0.730. The van der Waals surface area contributed by atoms with Gasteiger partial charge in [-0.15, -0.1) is 0 Å². The van der Waals surface area contributed by atoms with Crippen molar-refractivity contribution in [1.82, 2.24) is 0 Å². The third kappa shape index (κ3) is 1.71. The summed E-state index contributed by atoms with van der Waals surface area (Å²) < 4.78 is 9.91. The maximum absolute atomic E-state index is 10.8. The standard InChI is InChI=1S/C9H16O3/c1-6(2)7-9(3,4)5-11-8(10)12-7/h6-7H,5H2,1-4H3. The van der Waals surface area contributed by atoms with Gasteiger partial charge in [-0.05, 0) is 5.92 Å². The van der Waals surface area contributed by atoms with Gasteiger partial charge in [0.25, 0.3) is 0 Å². The number of carbonyl (C=O) groups excluding carboxylic acids is 1. The second-order valence-corrected chi connectivity index (χ2v) is 4.31. The van der Waals surface area contributed by atoms with Crippen LogP contribution in [-0.2, 0) is 9.47 Å². The molecule has 0 aromatic heterocycles. The van der Waals surface area contributed by atoms with E-state index in [0.29, 0.717) is 12.5 Å². The number of rotatable bonds is 1. The number of cyclic esters (lactones) is 2. The second-order valence-electron chi connectivity index (χ2n) is 4.31. The molecule has 0 amide bonds. The van der Waals surface area contributed by atoms with E-state index in [2.05, 4.69) is 0 Å². The van der Waals surface area contributed by atoms with Crippen molar-refractivity contribution in [1.29, 1.82) is 0 Å². The third-order valence-electron chi connectivity index (χ3n) is 2.16. The van der Waals surface area contributed by atoms with E-state index in [0.717, 1.165) is 0 Å². The summed E-state index contributed by atoms with van der Waals surface area (Å²) in [5, 5.41) is 0. The van der Waals surface area contributed by atoms with E-state index >= 15 is 0 Å². The summed E-state index contributed by atoms with van der Waals surface area (Å²) in [6.45, 7) is 8.64. The topological polar surface area (TPSA) is 35.5 Å². The van der Waals surface area contributed by atoms with Crippen LogP contribution in [0.2, 0.25) is 0 Å². The minimum absolute atomic E-state index is 0.0289. The first kappa shape index (κ1) is 9.36. The Morgan fingerprint density at radius 2 is 2.08 bits per heavy atom. The maximum atomic E-state index is 10.8. The normalized spacial score (nSPS) is 28.1. The molecule has 1 heterocycles. The molecular weight excluding hydrogens is 156 g/mol. The van der Waals surface area contributed by atoms with Crippen LogP contribution in [0, 0.1) is 11.3 Å². The van der Waals surface area contributed by atoms with Crippen molar-refractivity contribution in [2.45, 2.75) is 33.8 Å². The summed E-state index contributed by atoms with van der Waals surface area (Å²) in [5.41, 5.74) is -0.0674. The van der Waals surface area contributed by atoms with Crippen molar-refractivity contribution in [2.75, 3.05) is 6.61 Å². The largest absolute Gasteiger partial charge is 0.508 e. The molecule has 1 unspecified atom stereocenters. The molecule has 0 aliphatic carbocycles. The van der Waals surface area contributed by atoms with Crippen LogP contribution in [0.5, 0.6) is 0 Å². The second kappa shape index (κ2) is 2.96. The van der Waals surface area contributed by atoms with Crippen LogP contribution in [0.1, 0.15) is 27.7 Å². The van der Waals surface area contributed by atoms with Crippen molar-refractivity contribution in [3.63, 3.8) is 0 Å². The molecule has 1 aliphatic heterocycles. The monoisotopic (exact) mass is 172 g/mol. The van der Waals surface area contributed by atoms with Crippen molar-refractivity contribution >= 4 is 6.16 Å². The molecule has 1 rings (SSSR count). The van der Waals surface area contributed by atoms with E-state index in [1.807, 2.05) is 27.7 Å². The molecule has 0 N–H and O–H groups in total. The number of carbonyl (C=O) groups is 1. The van der Waals surface area contributed by atoms with Gasteiger partial charge >= 0.3 is 6.16 Å². The Morgan fingerprint density at radius 3 is 2.50 bits per heavy atom. The number of hydrogen-bond acceptors (Lipinski definition) is 3. The first-order chi connectivity index (χ1) is 5.43. The van der Waals surface area contributed by atoms with Gasteiger partial charge in [-0.2, -0.15) is 0 Å². The summed E-state index contributed by atoms with van der Waals surface area (Å²) in [6.07, 6.45) is -0.563. The molecular formula is C9H16O3. The number of ether oxygens (including phenoxy) is 2. The Balaban J connectivity index is 2.72. The lowest BCUT2D eigenvalue weighted by Crippen LogP contribution is -2.46. The minimum Gasteiger partial charge on any atom is -0.434 e. The molecule has 0 radical (unpaired) electrons. The smallest absolute Gasteiger partial charge is 0.434 e. The van der Waals surface area contributed by atoms with Crippen LogP contribution < -0.4 is 0 Å². The van der Waals surface area contributed by atoms with Gasteiger partial charge in [0, 0.05) is 5.41 Å². The molecule has 1 fully saturated rings. The SMILES string of the molecule is CC(C)C1OC(=O)OCC1(C)C. The van der Waals surface area contributed by atoms with E-state index in [1.165, 1.54) is 0 Å². The van der Waals surface area contributed by atoms with Gasteiger partial charge in [-0.1, -0.05) is 27.7 Å². The van der Waals surface area contributed by atoms with Crippen LogP contribution in [-0.4, -0.2) is 18.9 Å². The molecule has 70 valence electrons. The Bertz CT molecular complexity index is 184. The van der Waals surface area contributed by atoms with Crippen molar-refractivity contribution < 1.29 is 14.3 Å². The lowest BCUT2D eigenvalue weighted by atomic mass is 9.81. The van der Waals surface area contributed by atoms with Gasteiger partial charge in [0.05, 0.1) is 0 Å². The van der Waals surface area contributed by atoms with E-state index < -0.39 is 6.16 Å². The molecule has 0 saturated carbocycles. The highest BCUT2D eigenvalue weighted by atomic mass is 16.7. The summed E-state index contributed by atoms with van der Waals surface area (Å²) in [7, 11) is 0. The maximum Gasteiger partial charge on any atom is 0.508 e. The van der Waals surface area contributed by atoms with Gasteiger partial charge < -0.3 is 9.47 Å². The zero-order valence-electron chi connectivity index (χ0n) is 8.09. The van der Waals surface area contributed by atoms with Crippen LogP contribution in [0.25, 0.3) is 0 Å². The molecule has 3 heteroatoms. The molecule has 3 nitrogen and oxygen atoms in total. The fourth-order valence-corrected chi connectivity index (χ4v) is 1.66. The molecule has 1 atom stereocenters. The van der Waals surface area contributed by atoms with Crippen LogP contribution in [0.3, 0.4) is 0 Å². The molecule has 1 saturated heterocycles. The Morgan fingerprint density at radius 1 is 1.50 bits per heavy atom. The fraction of sp³-hybridized carbons (Fsp3) is 0.889. The van der Waals surface area contributed by atoms with Gasteiger partial charge in [0.15, 0.2) is 0 Å². The molecule has 0 aromatic carbocycles. The predicted molar refractivity (Wildman–Crippen MR) is 44.8 cm³/mol. The zero-order valence-corrected chi connectivity index (χ0v) is 8.09. The van der Waals surface area contributed by atoms with Crippen molar-refractivity contribution in [3.8, 4) is 0 Å². The quantitative estimate of drug-likeness (QED) is 0.569. The first-order valence-corrected chi connectivity index (χ1v) is 4.27. The Labute approximate surface area is 73.0 Å². The lowest BCUT2D eigenvalue weighted by molar-refractivity contribution is -0.112. The van der Waals surface area contributed by atoms with E-state index in [9.17, 15) is 4.79 Å². The highest BCUT2D eigenvalue weighted by molar-refractivity contribution is 5.61. The third-order valence-corrected chi connectivity index (χ3v) is 2.16. The average Bonchev–Trinajstić information content (AvgIpc) is 1.94. The Kier molecular flexibility index (Phi) is 2.31. The molecule has 0 aromatic rings. The lowest BCUT2D eigenvalue weighted by Gasteiger charge is -2.39. The summed E-state index contributed by atoms with van der Waals surface area (Å²) in [4.78, 5) is 10.8. The van der Waals surface area contributed by atoms with Gasteiger partial charge in [0.1, 0.15) is 12.7 Å². The predicted octanol–water partition coefficient (Wildman–Crippen LogP) is 2.20. The number of hydrogen-bond donors (Lipinski definition) is 0. The van der Waals surface area contributed by atoms with Gasteiger partial charge in [-0.3, -0.25) is 0 Å². The molecule has 0 spiro atoms. The van der Waals surface area contributed by atoms with Crippen LogP contribution in [0.4, 0.5) is 4.79 Å². The average molecular weight is 172 g/mol. The van der Waals surface area contributed by atoms with E-state index in [1.54, 1.807) is 0 Å². The van der Waals surface area contributed by atoms with Gasteiger partial charge in [0.2, 0.25) is 0 Å². The fourth-order valence-electron chi connectivity index (χ4n) is 1.66. The van der Waals surface area contributed by atoms with Crippen molar-refractivity contribution in [2.24, 2.45) is 11.3 Å². The summed E-state index contributed by atoms with van der Waals surface area (Å²) in [6, 6.07) is 0. The molecule has 0 bridgehead atoms. The van der Waals surface area contributed by atoms with Crippen LogP contribution >= 0.6 is 0 Å². The van der Waals surface area contributed by atoms with Crippen molar-refractivity contribution in [3.05, 3.63) is 0 Å². The molecule has 1 aliphatic rings. The zero-order chi connectivity index (χ0) is 9.35. The summed E-state index contributed by atoms with van der Waals surface area (Å²) in [5.74, 6) is 0.341. The minimum atomic E-state index is -0.534. The highest BCUT2D eigenvalue weighted by Gasteiger charge is 2.40. The molecule has 12 heavy (non-hydrogen) atoms. The van der Waals surface area contributed by atoms with E-state index in [-0.39, 0.29) is 11.5 Å². The summed E-state index contributed by atoms with van der Waals surface area (Å²) >= 11 is 0.